The van der Waals surface area contributed by atoms with Crippen molar-refractivity contribution in [2.75, 3.05) is 0 Å². The van der Waals surface area contributed by atoms with Crippen molar-refractivity contribution in [3.05, 3.63) is 152 Å². The van der Waals surface area contributed by atoms with E-state index in [1.807, 2.05) is 60.7 Å². The molecule has 0 aliphatic carbocycles. The van der Waals surface area contributed by atoms with Gasteiger partial charge in [-0.1, -0.05) is 152 Å². The highest BCUT2D eigenvalue weighted by atomic mass is 15.0. The van der Waals surface area contributed by atoms with Crippen LogP contribution in [-0.2, 0) is 0 Å². The van der Waals surface area contributed by atoms with Gasteiger partial charge >= 0.3 is 0 Å². The second kappa shape index (κ2) is 10.1. The van der Waals surface area contributed by atoms with E-state index in [9.17, 15) is 0 Å². The molecule has 7 aromatic carbocycles. The fourth-order valence-electron chi connectivity index (χ4n) is 5.94. The number of rotatable bonds is 4. The van der Waals surface area contributed by atoms with Gasteiger partial charge < -0.3 is 0 Å². The molecule has 0 amide bonds. The predicted octanol–water partition coefficient (Wildman–Crippen LogP) is 10.00. The van der Waals surface area contributed by atoms with Gasteiger partial charge in [-0.15, -0.1) is 0 Å². The fourth-order valence-corrected chi connectivity index (χ4v) is 5.94. The van der Waals surface area contributed by atoms with Crippen LogP contribution in [0.2, 0.25) is 0 Å². The van der Waals surface area contributed by atoms with E-state index in [0.717, 1.165) is 27.8 Å². The summed E-state index contributed by atoms with van der Waals surface area (Å²) in [7, 11) is 0. The zero-order valence-electron chi connectivity index (χ0n) is 22.8. The minimum absolute atomic E-state index is 0.654. The van der Waals surface area contributed by atoms with Crippen molar-refractivity contribution in [2.24, 2.45) is 0 Å². The topological polar surface area (TPSA) is 38.7 Å². The Balaban J connectivity index is 1.38. The van der Waals surface area contributed by atoms with Gasteiger partial charge in [-0.25, -0.2) is 15.0 Å². The van der Waals surface area contributed by atoms with Crippen molar-refractivity contribution in [1.29, 1.82) is 0 Å². The molecule has 0 unspecified atom stereocenters. The van der Waals surface area contributed by atoms with Gasteiger partial charge in [-0.2, -0.15) is 0 Å². The Labute approximate surface area is 243 Å². The molecule has 3 nitrogen and oxygen atoms in total. The summed E-state index contributed by atoms with van der Waals surface area (Å²) >= 11 is 0. The van der Waals surface area contributed by atoms with Crippen LogP contribution in [0.4, 0.5) is 0 Å². The van der Waals surface area contributed by atoms with E-state index in [0.29, 0.717) is 17.5 Å². The molecular weight excluding hydrogens is 510 g/mol. The maximum Gasteiger partial charge on any atom is 0.164 e. The van der Waals surface area contributed by atoms with E-state index in [1.54, 1.807) is 0 Å². The smallest absolute Gasteiger partial charge is 0.164 e. The molecule has 0 saturated carbocycles. The molecule has 0 N–H and O–H groups in total. The van der Waals surface area contributed by atoms with Gasteiger partial charge in [0.15, 0.2) is 17.5 Å². The molecular formula is C39H25N3. The average Bonchev–Trinajstić information content (AvgIpc) is 3.08. The molecule has 0 bridgehead atoms. The van der Waals surface area contributed by atoms with Crippen LogP contribution in [0.5, 0.6) is 0 Å². The standard InChI is InChI=1S/C39H25N3/c1-3-13-28(14-4-1)37-40-38(29-15-5-2-6-16-29)42-39(41-37)35-19-10-9-18-32(35)31-20-11-21-34-33(31)25-24-27-23-22-26-12-7-8-17-30(26)36(27)34/h1-25H. The highest BCUT2D eigenvalue weighted by Gasteiger charge is 2.17. The molecule has 0 atom stereocenters. The van der Waals surface area contributed by atoms with Gasteiger partial charge in [0.25, 0.3) is 0 Å². The highest BCUT2D eigenvalue weighted by molar-refractivity contribution is 6.22. The Bertz CT molecular complexity index is 2180. The largest absolute Gasteiger partial charge is 0.208 e. The number of hydrogen-bond acceptors (Lipinski definition) is 3. The number of nitrogens with zero attached hydrogens (tertiary/aromatic N) is 3. The zero-order valence-corrected chi connectivity index (χ0v) is 22.8. The summed E-state index contributed by atoms with van der Waals surface area (Å²) in [5.41, 5.74) is 5.13. The first-order valence-electron chi connectivity index (χ1n) is 14.1. The third kappa shape index (κ3) is 4.11. The minimum atomic E-state index is 0.654. The molecule has 0 saturated heterocycles. The summed E-state index contributed by atoms with van der Waals surface area (Å²) in [6.07, 6.45) is 0. The van der Waals surface area contributed by atoms with Crippen LogP contribution in [-0.4, -0.2) is 15.0 Å². The summed E-state index contributed by atoms with van der Waals surface area (Å²) in [6, 6.07) is 52.8. The molecule has 8 rings (SSSR count). The number of fused-ring (bicyclic) bond motifs is 5. The SMILES string of the molecule is c1ccc(-c2nc(-c3ccccc3)nc(-c3ccccc3-c3cccc4c3ccc3ccc5ccccc5c34)n2)cc1. The van der Waals surface area contributed by atoms with E-state index in [2.05, 4.69) is 91.0 Å². The van der Waals surface area contributed by atoms with Gasteiger partial charge in [0.05, 0.1) is 0 Å². The highest BCUT2D eigenvalue weighted by Crippen LogP contribution is 2.39. The van der Waals surface area contributed by atoms with E-state index in [-0.39, 0.29) is 0 Å². The van der Waals surface area contributed by atoms with Gasteiger partial charge in [-0.05, 0) is 43.4 Å². The van der Waals surface area contributed by atoms with Crippen LogP contribution in [0.15, 0.2) is 152 Å². The number of aromatic nitrogens is 3. The third-order valence-electron chi connectivity index (χ3n) is 7.92. The van der Waals surface area contributed by atoms with Crippen LogP contribution in [0, 0.1) is 0 Å². The lowest BCUT2D eigenvalue weighted by molar-refractivity contribution is 1.07. The Hall–Kier alpha value is -5.67. The molecule has 0 spiro atoms. The fraction of sp³-hybridized carbons (Fsp3) is 0. The molecule has 3 heteroatoms. The Morgan fingerprint density at radius 3 is 1.55 bits per heavy atom. The molecule has 1 aromatic heterocycles. The summed E-state index contributed by atoms with van der Waals surface area (Å²) in [5.74, 6) is 1.97. The predicted molar refractivity (Wildman–Crippen MR) is 174 cm³/mol. The second-order valence-corrected chi connectivity index (χ2v) is 10.4. The van der Waals surface area contributed by atoms with Crippen LogP contribution in [0.1, 0.15) is 0 Å². The minimum Gasteiger partial charge on any atom is -0.208 e. The van der Waals surface area contributed by atoms with Crippen molar-refractivity contribution in [3.8, 4) is 45.3 Å². The molecule has 0 radical (unpaired) electrons. The van der Waals surface area contributed by atoms with E-state index in [1.165, 1.54) is 32.3 Å². The van der Waals surface area contributed by atoms with Gasteiger partial charge in [-0.3, -0.25) is 0 Å². The van der Waals surface area contributed by atoms with Crippen molar-refractivity contribution in [1.82, 2.24) is 15.0 Å². The van der Waals surface area contributed by atoms with Crippen molar-refractivity contribution >= 4 is 32.3 Å². The normalized spacial score (nSPS) is 11.3. The maximum absolute atomic E-state index is 5.03. The zero-order chi connectivity index (χ0) is 27.9. The average molecular weight is 536 g/mol. The van der Waals surface area contributed by atoms with E-state index in [4.69, 9.17) is 15.0 Å². The van der Waals surface area contributed by atoms with Crippen molar-refractivity contribution in [3.63, 3.8) is 0 Å². The Kier molecular flexibility index (Phi) is 5.79. The van der Waals surface area contributed by atoms with Crippen LogP contribution < -0.4 is 0 Å². The third-order valence-corrected chi connectivity index (χ3v) is 7.92. The first-order valence-corrected chi connectivity index (χ1v) is 14.1. The molecule has 42 heavy (non-hydrogen) atoms. The van der Waals surface area contributed by atoms with Gasteiger partial charge in [0.2, 0.25) is 0 Å². The number of hydrogen-bond donors (Lipinski definition) is 0. The van der Waals surface area contributed by atoms with Crippen molar-refractivity contribution < 1.29 is 0 Å². The summed E-state index contributed by atoms with van der Waals surface area (Å²) in [5, 5.41) is 7.47. The van der Waals surface area contributed by atoms with Gasteiger partial charge in [0, 0.05) is 16.7 Å². The molecule has 0 fully saturated rings. The molecule has 0 aliphatic rings. The monoisotopic (exact) mass is 535 g/mol. The summed E-state index contributed by atoms with van der Waals surface area (Å²) < 4.78 is 0. The van der Waals surface area contributed by atoms with E-state index >= 15 is 0 Å². The van der Waals surface area contributed by atoms with Crippen molar-refractivity contribution in [2.45, 2.75) is 0 Å². The molecule has 196 valence electrons. The van der Waals surface area contributed by atoms with E-state index < -0.39 is 0 Å². The first kappa shape index (κ1) is 24.2. The van der Waals surface area contributed by atoms with Gasteiger partial charge in [0.1, 0.15) is 0 Å². The lowest BCUT2D eigenvalue weighted by Crippen LogP contribution is -2.01. The first-order chi connectivity index (χ1) is 20.8. The lowest BCUT2D eigenvalue weighted by atomic mass is 9.90. The lowest BCUT2D eigenvalue weighted by Gasteiger charge is -2.15. The van der Waals surface area contributed by atoms with Crippen LogP contribution in [0.3, 0.4) is 0 Å². The summed E-state index contributed by atoms with van der Waals surface area (Å²) in [6.45, 7) is 0. The summed E-state index contributed by atoms with van der Waals surface area (Å²) in [4.78, 5) is 15.0. The molecule has 1 heterocycles. The Morgan fingerprint density at radius 2 is 0.810 bits per heavy atom. The second-order valence-electron chi connectivity index (χ2n) is 10.4. The van der Waals surface area contributed by atoms with Crippen LogP contribution >= 0.6 is 0 Å². The molecule has 8 aromatic rings. The maximum atomic E-state index is 5.03. The Morgan fingerprint density at radius 1 is 0.286 bits per heavy atom. The molecule has 0 aliphatic heterocycles. The van der Waals surface area contributed by atoms with Crippen LogP contribution in [0.25, 0.3) is 77.6 Å². The quantitative estimate of drug-likeness (QED) is 0.211. The number of benzene rings is 7.